The average Bonchev–Trinajstić information content (AvgIpc) is 2.59. The fraction of sp³-hybridized carbons (Fsp3) is 0.667. The monoisotopic (exact) mass is 157 g/mol. The second-order valence-electron chi connectivity index (χ2n) is 2.23. The molecular formula is C6H9N2OS. The zero-order valence-corrected chi connectivity index (χ0v) is 6.41. The molecule has 2 aliphatic heterocycles. The molecule has 2 heterocycles. The van der Waals surface area contributed by atoms with Crippen molar-refractivity contribution in [3.63, 3.8) is 0 Å². The Morgan fingerprint density at radius 3 is 3.20 bits per heavy atom. The van der Waals surface area contributed by atoms with Gasteiger partial charge in [0.15, 0.2) is 0 Å². The van der Waals surface area contributed by atoms with E-state index in [4.69, 9.17) is 4.74 Å². The minimum absolute atomic E-state index is 0.791. The standard InChI is InChI=1S/C6H9N2OS/c1-4-10-8-5(1)6-7-2-3-9-6/h7H,1-4H2. The number of rotatable bonds is 1. The van der Waals surface area contributed by atoms with E-state index in [0.29, 0.717) is 0 Å². The van der Waals surface area contributed by atoms with Crippen molar-refractivity contribution in [2.75, 3.05) is 18.9 Å². The maximum atomic E-state index is 5.30. The van der Waals surface area contributed by atoms with Gasteiger partial charge in [-0.1, -0.05) is 0 Å². The van der Waals surface area contributed by atoms with Gasteiger partial charge in [-0.15, -0.1) is 0 Å². The van der Waals surface area contributed by atoms with E-state index < -0.39 is 0 Å². The Hall–Kier alpha value is -0.0600. The summed E-state index contributed by atoms with van der Waals surface area (Å²) in [6.45, 7) is 1.72. The Morgan fingerprint density at radius 1 is 1.60 bits per heavy atom. The van der Waals surface area contributed by atoms with E-state index in [1.165, 1.54) is 0 Å². The van der Waals surface area contributed by atoms with Crippen LogP contribution in [0.15, 0.2) is 4.40 Å². The largest absolute Gasteiger partial charge is 0.349 e. The van der Waals surface area contributed by atoms with Gasteiger partial charge in [0, 0.05) is 18.7 Å². The predicted octanol–water partition coefficient (Wildman–Crippen LogP) is 0.589. The summed E-state index contributed by atoms with van der Waals surface area (Å²) in [6, 6.07) is 0. The SMILES string of the molecule is C1CO[C](C2=NSCC2)N1. The molecule has 1 N–H and O–H groups in total. The van der Waals surface area contributed by atoms with Crippen LogP contribution in [0.25, 0.3) is 0 Å². The fourth-order valence-electron chi connectivity index (χ4n) is 1.02. The van der Waals surface area contributed by atoms with Gasteiger partial charge in [-0.3, -0.25) is 5.32 Å². The van der Waals surface area contributed by atoms with Gasteiger partial charge in [0.05, 0.1) is 12.3 Å². The lowest BCUT2D eigenvalue weighted by Crippen LogP contribution is -2.21. The molecule has 0 aliphatic carbocycles. The molecule has 3 nitrogen and oxygen atoms in total. The molecule has 0 amide bonds. The van der Waals surface area contributed by atoms with Crippen molar-refractivity contribution in [3.8, 4) is 0 Å². The number of ether oxygens (including phenoxy) is 1. The van der Waals surface area contributed by atoms with Crippen LogP contribution >= 0.6 is 11.9 Å². The Kier molecular flexibility index (Phi) is 1.93. The van der Waals surface area contributed by atoms with Crippen LogP contribution < -0.4 is 5.32 Å². The summed E-state index contributed by atoms with van der Waals surface area (Å²) in [5, 5.41) is 3.15. The van der Waals surface area contributed by atoms with E-state index >= 15 is 0 Å². The van der Waals surface area contributed by atoms with Crippen molar-refractivity contribution in [1.29, 1.82) is 0 Å². The maximum absolute atomic E-state index is 5.30. The molecule has 0 aromatic carbocycles. The van der Waals surface area contributed by atoms with Gasteiger partial charge in [-0.2, -0.15) is 0 Å². The van der Waals surface area contributed by atoms with Crippen LogP contribution in [0.1, 0.15) is 6.42 Å². The Bertz CT molecular complexity index is 154. The molecule has 0 unspecified atom stereocenters. The van der Waals surface area contributed by atoms with E-state index in [1.54, 1.807) is 11.9 Å². The van der Waals surface area contributed by atoms with Gasteiger partial charge in [-0.25, -0.2) is 4.40 Å². The van der Waals surface area contributed by atoms with Crippen LogP contribution in [0.5, 0.6) is 0 Å². The summed E-state index contributed by atoms with van der Waals surface area (Å²) in [4.78, 5) is 0. The van der Waals surface area contributed by atoms with Crippen LogP contribution in [0.4, 0.5) is 0 Å². The summed E-state index contributed by atoms with van der Waals surface area (Å²) in [5.41, 5.74) is 1.10. The number of nitrogens with one attached hydrogen (secondary N) is 1. The lowest BCUT2D eigenvalue weighted by Gasteiger charge is -2.04. The maximum Gasteiger partial charge on any atom is 0.208 e. The fourth-order valence-corrected chi connectivity index (χ4v) is 1.73. The predicted molar refractivity (Wildman–Crippen MR) is 41.7 cm³/mol. The van der Waals surface area contributed by atoms with E-state index in [-0.39, 0.29) is 0 Å². The highest BCUT2D eigenvalue weighted by Crippen LogP contribution is 2.21. The van der Waals surface area contributed by atoms with Gasteiger partial charge < -0.3 is 4.74 Å². The first-order valence-corrected chi connectivity index (χ1v) is 4.34. The van der Waals surface area contributed by atoms with Crippen LogP contribution in [0, 0.1) is 6.23 Å². The Balaban J connectivity index is 1.97. The highest BCUT2D eigenvalue weighted by Gasteiger charge is 2.24. The molecule has 0 bridgehead atoms. The van der Waals surface area contributed by atoms with E-state index in [0.717, 1.165) is 37.3 Å². The van der Waals surface area contributed by atoms with Crippen molar-refractivity contribution >= 4 is 17.7 Å². The quantitative estimate of drug-likeness (QED) is 0.565. The molecule has 0 aromatic heterocycles. The van der Waals surface area contributed by atoms with E-state index in [1.807, 2.05) is 0 Å². The zero-order chi connectivity index (χ0) is 6.81. The molecule has 0 saturated carbocycles. The van der Waals surface area contributed by atoms with Crippen LogP contribution in [-0.2, 0) is 4.74 Å². The molecule has 2 aliphatic rings. The summed E-state index contributed by atoms with van der Waals surface area (Å²) in [7, 11) is 0. The lowest BCUT2D eigenvalue weighted by atomic mass is 10.3. The minimum atomic E-state index is 0.791. The van der Waals surface area contributed by atoms with E-state index in [9.17, 15) is 0 Å². The normalized spacial score (nSPS) is 27.4. The van der Waals surface area contributed by atoms with E-state index in [2.05, 4.69) is 9.71 Å². The zero-order valence-electron chi connectivity index (χ0n) is 5.59. The van der Waals surface area contributed by atoms with Gasteiger partial charge >= 0.3 is 0 Å². The number of nitrogens with zero attached hydrogens (tertiary/aromatic N) is 1. The van der Waals surface area contributed by atoms with Crippen molar-refractivity contribution in [3.05, 3.63) is 6.23 Å². The molecule has 1 radical (unpaired) electrons. The summed E-state index contributed by atoms with van der Waals surface area (Å²) in [6.07, 6.45) is 1.96. The first kappa shape index (κ1) is 6.64. The second kappa shape index (κ2) is 2.90. The third-order valence-electron chi connectivity index (χ3n) is 1.50. The molecule has 1 fully saturated rings. The summed E-state index contributed by atoms with van der Waals surface area (Å²) >= 11 is 1.62. The van der Waals surface area contributed by atoms with Gasteiger partial charge in [-0.05, 0) is 11.9 Å². The molecule has 0 atom stereocenters. The van der Waals surface area contributed by atoms with Crippen molar-refractivity contribution in [2.45, 2.75) is 6.42 Å². The molecule has 2 rings (SSSR count). The van der Waals surface area contributed by atoms with Gasteiger partial charge in [0.1, 0.15) is 0 Å². The summed E-state index contributed by atoms with van der Waals surface area (Å²) < 4.78 is 9.52. The molecular weight excluding hydrogens is 148 g/mol. The summed E-state index contributed by atoms with van der Waals surface area (Å²) in [5.74, 6) is 1.10. The molecule has 55 valence electrons. The van der Waals surface area contributed by atoms with Gasteiger partial charge in [0.25, 0.3) is 0 Å². The first-order chi connectivity index (χ1) is 4.97. The molecule has 0 spiro atoms. The van der Waals surface area contributed by atoms with Crippen molar-refractivity contribution in [1.82, 2.24) is 5.32 Å². The number of hydrogen-bond donors (Lipinski definition) is 1. The van der Waals surface area contributed by atoms with Crippen molar-refractivity contribution in [2.24, 2.45) is 4.40 Å². The average molecular weight is 157 g/mol. The Labute approximate surface area is 64.4 Å². The molecule has 1 saturated heterocycles. The lowest BCUT2D eigenvalue weighted by molar-refractivity contribution is 0.227. The third kappa shape index (κ3) is 1.19. The van der Waals surface area contributed by atoms with Crippen LogP contribution in [0.2, 0.25) is 0 Å². The molecule has 0 aromatic rings. The molecule has 10 heavy (non-hydrogen) atoms. The Morgan fingerprint density at radius 2 is 2.60 bits per heavy atom. The van der Waals surface area contributed by atoms with Crippen LogP contribution in [0.3, 0.4) is 0 Å². The number of hydrogen-bond acceptors (Lipinski definition) is 4. The second-order valence-corrected chi connectivity index (χ2v) is 3.07. The first-order valence-electron chi connectivity index (χ1n) is 3.39. The minimum Gasteiger partial charge on any atom is -0.349 e. The molecule has 4 heteroatoms. The van der Waals surface area contributed by atoms with Gasteiger partial charge in [0.2, 0.25) is 6.23 Å². The van der Waals surface area contributed by atoms with Crippen molar-refractivity contribution < 1.29 is 4.74 Å². The topological polar surface area (TPSA) is 33.6 Å². The third-order valence-corrected chi connectivity index (χ3v) is 2.24. The highest BCUT2D eigenvalue weighted by molar-refractivity contribution is 7.98. The van der Waals surface area contributed by atoms with Crippen LogP contribution in [-0.4, -0.2) is 24.6 Å². The highest BCUT2D eigenvalue weighted by atomic mass is 32.2. The smallest absolute Gasteiger partial charge is 0.208 e.